The number of rotatable bonds is 5. The summed E-state index contributed by atoms with van der Waals surface area (Å²) in [5, 5.41) is 41.2. The van der Waals surface area contributed by atoms with Crippen LogP contribution in [0.3, 0.4) is 0 Å². The Hall–Kier alpha value is -4.64. The second-order valence-corrected chi connectivity index (χ2v) is 8.52. The quantitative estimate of drug-likeness (QED) is 0.226. The van der Waals surface area contributed by atoms with E-state index in [1.54, 1.807) is 60.7 Å². The highest BCUT2D eigenvalue weighted by atomic mass is 16.3. The summed E-state index contributed by atoms with van der Waals surface area (Å²) >= 11 is 0. The predicted octanol–water partition coefficient (Wildman–Crippen LogP) is 6.92. The van der Waals surface area contributed by atoms with E-state index in [9.17, 15) is 20.4 Å². The summed E-state index contributed by atoms with van der Waals surface area (Å²) < 4.78 is 6.00. The van der Waals surface area contributed by atoms with Crippen molar-refractivity contribution < 1.29 is 24.8 Å². The van der Waals surface area contributed by atoms with Crippen molar-refractivity contribution in [3.8, 4) is 45.3 Å². The van der Waals surface area contributed by atoms with Gasteiger partial charge in [0.05, 0.1) is 5.92 Å². The number of hydrogen-bond acceptors (Lipinski definition) is 5. The molecule has 0 aliphatic carbocycles. The molecule has 0 bridgehead atoms. The molecule has 5 heteroatoms. The van der Waals surface area contributed by atoms with Crippen LogP contribution in [0.1, 0.15) is 28.6 Å². The third kappa shape index (κ3) is 4.44. The molecule has 0 aliphatic rings. The van der Waals surface area contributed by atoms with Crippen LogP contribution in [0.15, 0.2) is 101 Å². The summed E-state index contributed by atoms with van der Waals surface area (Å²) in [5.74, 6) is 1.20. The van der Waals surface area contributed by atoms with Gasteiger partial charge in [0.25, 0.3) is 0 Å². The molecule has 5 nitrogen and oxygen atoms in total. The Morgan fingerprint density at radius 3 is 1.34 bits per heavy atom. The van der Waals surface area contributed by atoms with Gasteiger partial charge in [-0.3, -0.25) is 0 Å². The zero-order valence-electron chi connectivity index (χ0n) is 19.0. The van der Waals surface area contributed by atoms with E-state index < -0.39 is 5.92 Å². The van der Waals surface area contributed by atoms with Gasteiger partial charge >= 0.3 is 0 Å². The molecule has 0 atom stereocenters. The number of furan rings is 1. The Labute approximate surface area is 202 Å². The lowest BCUT2D eigenvalue weighted by molar-refractivity contribution is 0.437. The smallest absolute Gasteiger partial charge is 0.119 e. The lowest BCUT2D eigenvalue weighted by atomic mass is 9.85. The van der Waals surface area contributed by atoms with Gasteiger partial charge in [-0.15, -0.1) is 0 Å². The van der Waals surface area contributed by atoms with Crippen molar-refractivity contribution in [3.63, 3.8) is 0 Å². The minimum Gasteiger partial charge on any atom is -0.508 e. The molecule has 0 amide bonds. The molecule has 0 unspecified atom stereocenters. The number of benzene rings is 4. The number of aryl methyl sites for hydroxylation is 1. The molecular formula is C30H24O5. The maximum absolute atomic E-state index is 10.9. The average Bonchev–Trinajstić information content (AvgIpc) is 3.28. The summed E-state index contributed by atoms with van der Waals surface area (Å²) in [4.78, 5) is 0. The number of phenolic OH excluding ortho intramolecular Hbond substituents is 4. The highest BCUT2D eigenvalue weighted by Crippen LogP contribution is 2.44. The van der Waals surface area contributed by atoms with Crippen LogP contribution in [-0.4, -0.2) is 20.4 Å². The van der Waals surface area contributed by atoms with Crippen molar-refractivity contribution in [2.24, 2.45) is 0 Å². The molecule has 5 rings (SSSR count). The topological polar surface area (TPSA) is 94.1 Å². The minimum absolute atomic E-state index is 0.0704. The fourth-order valence-corrected chi connectivity index (χ4v) is 4.32. The number of hydrogen-bond donors (Lipinski definition) is 4. The van der Waals surface area contributed by atoms with Crippen LogP contribution >= 0.6 is 0 Å². The van der Waals surface area contributed by atoms with E-state index in [1.165, 1.54) is 0 Å². The van der Waals surface area contributed by atoms with Gasteiger partial charge in [-0.2, -0.15) is 0 Å². The predicted molar refractivity (Wildman–Crippen MR) is 135 cm³/mol. The molecule has 1 aromatic heterocycles. The molecule has 4 aromatic carbocycles. The summed E-state index contributed by atoms with van der Waals surface area (Å²) in [6.07, 6.45) is 0. The van der Waals surface area contributed by atoms with Gasteiger partial charge in [0, 0.05) is 11.1 Å². The number of phenols is 4. The van der Waals surface area contributed by atoms with Crippen molar-refractivity contribution in [2.75, 3.05) is 0 Å². The van der Waals surface area contributed by atoms with E-state index in [0.717, 1.165) is 22.3 Å². The summed E-state index contributed by atoms with van der Waals surface area (Å²) in [7, 11) is 0. The average molecular weight is 465 g/mol. The van der Waals surface area contributed by atoms with Gasteiger partial charge in [-0.05, 0) is 89.8 Å². The lowest BCUT2D eigenvalue weighted by Gasteiger charge is -2.20. The SMILES string of the molecule is Cc1ccc(C(c2cc(-c3ccc(O)cc3)ccc2O)c2cc(-c3ccc(O)cc3)ccc2O)o1. The van der Waals surface area contributed by atoms with Gasteiger partial charge in [0.1, 0.15) is 34.5 Å². The molecule has 0 saturated heterocycles. The van der Waals surface area contributed by atoms with Crippen molar-refractivity contribution in [1.29, 1.82) is 0 Å². The van der Waals surface area contributed by atoms with E-state index in [0.29, 0.717) is 22.6 Å². The van der Waals surface area contributed by atoms with Crippen LogP contribution in [-0.2, 0) is 0 Å². The normalized spacial score (nSPS) is 11.1. The van der Waals surface area contributed by atoms with Crippen LogP contribution in [0.5, 0.6) is 23.0 Å². The lowest BCUT2D eigenvalue weighted by Crippen LogP contribution is -2.04. The first-order chi connectivity index (χ1) is 16.9. The van der Waals surface area contributed by atoms with Crippen molar-refractivity contribution in [2.45, 2.75) is 12.8 Å². The Morgan fingerprint density at radius 1 is 0.514 bits per heavy atom. The zero-order chi connectivity index (χ0) is 24.5. The van der Waals surface area contributed by atoms with Crippen molar-refractivity contribution >= 4 is 0 Å². The fraction of sp³-hybridized carbons (Fsp3) is 0.0667. The summed E-state index contributed by atoms with van der Waals surface area (Å²) in [6, 6.07) is 28.0. The third-order valence-electron chi connectivity index (χ3n) is 6.12. The molecule has 0 aliphatic heterocycles. The molecule has 0 fully saturated rings. The third-order valence-corrected chi connectivity index (χ3v) is 6.12. The molecule has 5 aromatic rings. The summed E-state index contributed by atoms with van der Waals surface area (Å²) in [5.41, 5.74) is 4.59. The van der Waals surface area contributed by atoms with Crippen LogP contribution in [0, 0.1) is 6.92 Å². The zero-order valence-corrected chi connectivity index (χ0v) is 19.0. The Morgan fingerprint density at radius 2 is 0.943 bits per heavy atom. The first kappa shape index (κ1) is 22.2. The van der Waals surface area contributed by atoms with E-state index in [2.05, 4.69) is 0 Å². The maximum atomic E-state index is 10.9. The molecule has 0 radical (unpaired) electrons. The maximum Gasteiger partial charge on any atom is 0.119 e. The van der Waals surface area contributed by atoms with Gasteiger partial charge in [-0.1, -0.05) is 36.4 Å². The highest BCUT2D eigenvalue weighted by Gasteiger charge is 2.27. The number of aromatic hydroxyl groups is 4. The Kier molecular flexibility index (Phi) is 5.67. The first-order valence-corrected chi connectivity index (χ1v) is 11.2. The first-order valence-electron chi connectivity index (χ1n) is 11.2. The van der Waals surface area contributed by atoms with Crippen LogP contribution < -0.4 is 0 Å². The van der Waals surface area contributed by atoms with E-state index in [4.69, 9.17) is 4.42 Å². The molecule has 35 heavy (non-hydrogen) atoms. The molecular weight excluding hydrogens is 440 g/mol. The second kappa shape index (κ2) is 8.95. The van der Waals surface area contributed by atoms with Crippen LogP contribution in [0.4, 0.5) is 0 Å². The highest BCUT2D eigenvalue weighted by molar-refractivity contribution is 5.70. The molecule has 0 spiro atoms. The molecule has 0 saturated carbocycles. The summed E-state index contributed by atoms with van der Waals surface area (Å²) in [6.45, 7) is 1.85. The van der Waals surface area contributed by atoms with Gasteiger partial charge in [-0.25, -0.2) is 0 Å². The second-order valence-electron chi connectivity index (χ2n) is 8.52. The van der Waals surface area contributed by atoms with E-state index in [-0.39, 0.29) is 23.0 Å². The largest absolute Gasteiger partial charge is 0.508 e. The standard InChI is InChI=1S/C30H24O5/c1-18-2-15-29(35-18)30(25-16-21(7-13-27(25)33)19-3-9-23(31)10-4-19)26-17-22(8-14-28(26)34)20-5-11-24(32)12-6-20/h2-17,30-34H,1H3. The Bertz CT molecular complexity index is 1390. The molecule has 174 valence electrons. The monoisotopic (exact) mass is 464 g/mol. The van der Waals surface area contributed by atoms with Gasteiger partial charge in [0.15, 0.2) is 0 Å². The van der Waals surface area contributed by atoms with Gasteiger partial charge in [0.2, 0.25) is 0 Å². The van der Waals surface area contributed by atoms with Crippen LogP contribution in [0.2, 0.25) is 0 Å². The van der Waals surface area contributed by atoms with Gasteiger partial charge < -0.3 is 24.8 Å². The fourth-order valence-electron chi connectivity index (χ4n) is 4.32. The van der Waals surface area contributed by atoms with Crippen LogP contribution in [0.25, 0.3) is 22.3 Å². The van der Waals surface area contributed by atoms with E-state index >= 15 is 0 Å². The Balaban J connectivity index is 1.69. The van der Waals surface area contributed by atoms with Crippen molar-refractivity contribution in [3.05, 3.63) is 120 Å². The molecule has 1 heterocycles. The van der Waals surface area contributed by atoms with Crippen molar-refractivity contribution in [1.82, 2.24) is 0 Å². The molecule has 4 N–H and O–H groups in total. The minimum atomic E-state index is -0.585. The van der Waals surface area contributed by atoms with E-state index in [1.807, 2.05) is 43.3 Å².